The Balaban J connectivity index is 2.73. The van der Waals surface area contributed by atoms with E-state index in [1.165, 1.54) is 0 Å². The minimum atomic E-state index is -0.654. The van der Waals surface area contributed by atoms with E-state index in [0.29, 0.717) is 12.2 Å². The summed E-state index contributed by atoms with van der Waals surface area (Å²) in [4.78, 5) is 11.9. The van der Waals surface area contributed by atoms with Gasteiger partial charge in [-0.2, -0.15) is 5.10 Å². The highest BCUT2D eigenvalue weighted by molar-refractivity contribution is 6.07. The molecule has 1 rings (SSSR count). The third kappa shape index (κ3) is 3.22. The number of hydrogen-bond acceptors (Lipinski definition) is 4. The number of carbonyl (C=O) groups is 1. The average molecular weight is 253 g/mol. The summed E-state index contributed by atoms with van der Waals surface area (Å²) in [6, 6.07) is 1.93. The molecule has 7 nitrogen and oxygen atoms in total. The van der Waals surface area contributed by atoms with Crippen molar-refractivity contribution in [2.45, 2.75) is 33.2 Å². The minimum Gasteiger partial charge on any atom is -0.409 e. The molecule has 0 bridgehead atoms. The second kappa shape index (κ2) is 6.04. The normalized spacial score (nSPS) is 13.7. The maximum absolute atomic E-state index is 11.9. The monoisotopic (exact) mass is 253 g/mol. The molecular weight excluding hydrogens is 234 g/mol. The van der Waals surface area contributed by atoms with Gasteiger partial charge in [0, 0.05) is 18.3 Å². The number of nitrogens with one attached hydrogen (secondary N) is 1. The lowest BCUT2D eigenvalue weighted by Crippen LogP contribution is -2.34. The van der Waals surface area contributed by atoms with Gasteiger partial charge in [-0.25, -0.2) is 0 Å². The predicted octanol–water partition coefficient (Wildman–Crippen LogP) is 1.18. The summed E-state index contributed by atoms with van der Waals surface area (Å²) in [6.07, 6.45) is 2.23. The molecule has 1 atom stereocenters. The molecule has 1 aromatic rings. The number of hydrogen-bond donors (Lipinski definition) is 3. The van der Waals surface area contributed by atoms with E-state index < -0.39 is 5.92 Å². The van der Waals surface area contributed by atoms with Crippen molar-refractivity contribution in [3.05, 3.63) is 12.3 Å². The molecule has 1 unspecified atom stereocenters. The largest absolute Gasteiger partial charge is 0.409 e. The summed E-state index contributed by atoms with van der Waals surface area (Å²) in [5.74, 6) is -0.628. The second-order valence-electron chi connectivity index (χ2n) is 4.25. The molecule has 0 aromatic carbocycles. The van der Waals surface area contributed by atoms with Crippen LogP contribution in [0.2, 0.25) is 0 Å². The van der Waals surface area contributed by atoms with Crippen molar-refractivity contribution in [2.75, 3.05) is 5.32 Å². The van der Waals surface area contributed by atoms with Crippen LogP contribution in [0.3, 0.4) is 0 Å². The van der Waals surface area contributed by atoms with Crippen molar-refractivity contribution >= 4 is 17.6 Å². The van der Waals surface area contributed by atoms with Crippen molar-refractivity contribution < 1.29 is 10.0 Å². The molecule has 0 saturated heterocycles. The summed E-state index contributed by atoms with van der Waals surface area (Å²) < 4.78 is 1.74. The van der Waals surface area contributed by atoms with E-state index in [1.54, 1.807) is 23.9 Å². The maximum Gasteiger partial charge on any atom is 0.236 e. The summed E-state index contributed by atoms with van der Waals surface area (Å²) in [5.41, 5.74) is 5.45. The van der Waals surface area contributed by atoms with Gasteiger partial charge >= 0.3 is 0 Å². The number of carbonyl (C=O) groups excluding carboxylic acids is 1. The molecule has 0 aliphatic rings. The molecule has 18 heavy (non-hydrogen) atoms. The lowest BCUT2D eigenvalue weighted by Gasteiger charge is -2.12. The molecule has 0 fully saturated rings. The van der Waals surface area contributed by atoms with E-state index in [-0.39, 0.29) is 17.8 Å². The lowest BCUT2D eigenvalue weighted by molar-refractivity contribution is -0.118. The molecule has 0 aliphatic heterocycles. The van der Waals surface area contributed by atoms with Crippen LogP contribution >= 0.6 is 0 Å². The smallest absolute Gasteiger partial charge is 0.236 e. The number of oxime groups is 1. The lowest BCUT2D eigenvalue weighted by atomic mass is 10.1. The quantitative estimate of drug-likeness (QED) is 0.317. The van der Waals surface area contributed by atoms with E-state index in [9.17, 15) is 4.79 Å². The Kier molecular flexibility index (Phi) is 4.70. The first kappa shape index (κ1) is 14.0. The Morgan fingerprint density at radius 3 is 2.78 bits per heavy atom. The third-order valence-electron chi connectivity index (χ3n) is 2.59. The van der Waals surface area contributed by atoms with Gasteiger partial charge in [-0.3, -0.25) is 9.48 Å². The molecule has 100 valence electrons. The van der Waals surface area contributed by atoms with Crippen LogP contribution in [0.25, 0.3) is 0 Å². The fraction of sp³-hybridized carbons (Fsp3) is 0.545. The van der Waals surface area contributed by atoms with Gasteiger partial charge in [-0.1, -0.05) is 12.1 Å². The molecule has 0 saturated carbocycles. The molecular formula is C11H19N5O2. The number of rotatable bonds is 5. The van der Waals surface area contributed by atoms with Gasteiger partial charge in [0.05, 0.1) is 5.92 Å². The zero-order valence-electron chi connectivity index (χ0n) is 10.8. The zero-order chi connectivity index (χ0) is 13.7. The van der Waals surface area contributed by atoms with Gasteiger partial charge in [0.15, 0.2) is 11.7 Å². The van der Waals surface area contributed by atoms with Crippen molar-refractivity contribution in [1.29, 1.82) is 0 Å². The standard InChI is InChI=1S/C11H19N5O2/c1-4-8(10(12)15-18)11(17)13-9-5-6-16(14-9)7(2)3/h5-8,18H,4H2,1-3H3,(H2,12,15)(H,13,14,17). The molecule has 0 radical (unpaired) electrons. The zero-order valence-corrected chi connectivity index (χ0v) is 10.8. The average Bonchev–Trinajstić information content (AvgIpc) is 2.78. The number of anilines is 1. The Bertz CT molecular complexity index is 438. The number of aromatic nitrogens is 2. The van der Waals surface area contributed by atoms with Gasteiger partial charge in [0.25, 0.3) is 0 Å². The fourth-order valence-electron chi connectivity index (χ4n) is 1.50. The van der Waals surface area contributed by atoms with Crippen LogP contribution < -0.4 is 11.1 Å². The maximum atomic E-state index is 11.9. The Morgan fingerprint density at radius 2 is 2.33 bits per heavy atom. The summed E-state index contributed by atoms with van der Waals surface area (Å²) in [7, 11) is 0. The second-order valence-corrected chi connectivity index (χ2v) is 4.25. The van der Waals surface area contributed by atoms with Crippen LogP contribution in [0, 0.1) is 5.92 Å². The van der Waals surface area contributed by atoms with Crippen LogP contribution in [0.5, 0.6) is 0 Å². The van der Waals surface area contributed by atoms with Gasteiger partial charge in [0.2, 0.25) is 5.91 Å². The van der Waals surface area contributed by atoms with E-state index in [1.807, 2.05) is 13.8 Å². The molecule has 1 aromatic heterocycles. The van der Waals surface area contributed by atoms with E-state index in [4.69, 9.17) is 10.9 Å². The van der Waals surface area contributed by atoms with Gasteiger partial charge in [0.1, 0.15) is 0 Å². The molecule has 0 aliphatic carbocycles. The first-order valence-electron chi connectivity index (χ1n) is 5.83. The number of nitrogens with two attached hydrogens (primary N) is 1. The van der Waals surface area contributed by atoms with Crippen molar-refractivity contribution in [3.8, 4) is 0 Å². The number of amidine groups is 1. The number of amides is 1. The molecule has 1 heterocycles. The highest BCUT2D eigenvalue weighted by Gasteiger charge is 2.21. The minimum absolute atomic E-state index is 0.0988. The predicted molar refractivity (Wildman–Crippen MR) is 68.4 cm³/mol. The van der Waals surface area contributed by atoms with Crippen molar-refractivity contribution in [2.24, 2.45) is 16.8 Å². The molecule has 7 heteroatoms. The van der Waals surface area contributed by atoms with E-state index in [2.05, 4.69) is 15.6 Å². The van der Waals surface area contributed by atoms with Crippen molar-refractivity contribution in [1.82, 2.24) is 9.78 Å². The summed E-state index contributed by atoms with van der Waals surface area (Å²) in [5, 5.41) is 18.3. The van der Waals surface area contributed by atoms with Crippen LogP contribution in [-0.4, -0.2) is 26.7 Å². The number of nitrogens with zero attached hydrogens (tertiary/aromatic N) is 3. The Hall–Kier alpha value is -2.05. The SMILES string of the molecule is CCC(C(=O)Nc1ccn(C(C)C)n1)/C(N)=N/O. The van der Waals surface area contributed by atoms with Gasteiger partial charge < -0.3 is 16.3 Å². The summed E-state index contributed by atoms with van der Waals surface area (Å²) in [6.45, 7) is 5.77. The first-order valence-corrected chi connectivity index (χ1v) is 5.83. The van der Waals surface area contributed by atoms with Crippen LogP contribution in [0.15, 0.2) is 17.4 Å². The van der Waals surface area contributed by atoms with E-state index in [0.717, 1.165) is 0 Å². The molecule has 4 N–H and O–H groups in total. The van der Waals surface area contributed by atoms with Gasteiger partial charge in [-0.05, 0) is 20.3 Å². The Morgan fingerprint density at radius 1 is 1.67 bits per heavy atom. The fourth-order valence-corrected chi connectivity index (χ4v) is 1.50. The van der Waals surface area contributed by atoms with Crippen molar-refractivity contribution in [3.63, 3.8) is 0 Å². The van der Waals surface area contributed by atoms with Crippen LogP contribution in [0.1, 0.15) is 33.2 Å². The van der Waals surface area contributed by atoms with Crippen LogP contribution in [-0.2, 0) is 4.79 Å². The first-order chi connectivity index (χ1) is 8.49. The molecule has 1 amide bonds. The van der Waals surface area contributed by atoms with Gasteiger partial charge in [-0.15, -0.1) is 0 Å². The third-order valence-corrected chi connectivity index (χ3v) is 2.59. The molecule has 0 spiro atoms. The topological polar surface area (TPSA) is 106 Å². The summed E-state index contributed by atoms with van der Waals surface area (Å²) >= 11 is 0. The Labute approximate surface area is 106 Å². The van der Waals surface area contributed by atoms with Crippen LogP contribution in [0.4, 0.5) is 5.82 Å². The van der Waals surface area contributed by atoms with E-state index >= 15 is 0 Å². The highest BCUT2D eigenvalue weighted by atomic mass is 16.4. The highest BCUT2D eigenvalue weighted by Crippen LogP contribution is 2.11.